The summed E-state index contributed by atoms with van der Waals surface area (Å²) in [7, 11) is 0. The Kier molecular flexibility index (Phi) is 6.66. The highest BCUT2D eigenvalue weighted by molar-refractivity contribution is 7.99. The molecule has 2 N–H and O–H groups in total. The van der Waals surface area contributed by atoms with Gasteiger partial charge in [-0.3, -0.25) is 14.4 Å². The van der Waals surface area contributed by atoms with Crippen LogP contribution in [0.15, 0.2) is 24.3 Å². The molecule has 0 spiro atoms. The zero-order chi connectivity index (χ0) is 17.5. The largest absolute Gasteiger partial charge is 0.481 e. The summed E-state index contributed by atoms with van der Waals surface area (Å²) in [5.41, 5.74) is 1.73. The van der Waals surface area contributed by atoms with Crippen molar-refractivity contribution < 1.29 is 19.5 Å². The molecule has 1 heterocycles. The molecule has 1 saturated heterocycles. The van der Waals surface area contributed by atoms with E-state index in [1.54, 1.807) is 16.7 Å². The molecular weight excluding hydrogens is 328 g/mol. The van der Waals surface area contributed by atoms with Crippen molar-refractivity contribution in [3.05, 3.63) is 29.8 Å². The number of aliphatic carboxylic acids is 1. The quantitative estimate of drug-likeness (QED) is 0.738. The Morgan fingerprint density at radius 3 is 2.67 bits per heavy atom. The fourth-order valence-electron chi connectivity index (χ4n) is 2.53. The van der Waals surface area contributed by atoms with Crippen LogP contribution in [0, 0.1) is 6.92 Å². The number of nitrogens with zero attached hydrogens (tertiary/aromatic N) is 1. The van der Waals surface area contributed by atoms with Crippen LogP contribution in [0.3, 0.4) is 0 Å². The second-order valence-corrected chi connectivity index (χ2v) is 6.78. The number of carbonyl (C=O) groups excluding carboxylic acids is 2. The number of thioether (sulfide) groups is 1. The van der Waals surface area contributed by atoms with Crippen molar-refractivity contribution in [1.29, 1.82) is 0 Å². The smallest absolute Gasteiger partial charge is 0.303 e. The molecular formula is C17H22N2O4S. The first-order chi connectivity index (χ1) is 11.5. The molecule has 6 nitrogen and oxygen atoms in total. The van der Waals surface area contributed by atoms with Crippen LogP contribution in [-0.2, 0) is 14.4 Å². The average Bonchev–Trinajstić information content (AvgIpc) is 3.03. The highest BCUT2D eigenvalue weighted by Crippen LogP contribution is 2.24. The molecule has 0 aromatic heterocycles. The molecule has 1 fully saturated rings. The Morgan fingerprint density at radius 1 is 1.25 bits per heavy atom. The highest BCUT2D eigenvalue weighted by atomic mass is 32.2. The van der Waals surface area contributed by atoms with Gasteiger partial charge in [0.05, 0.1) is 5.88 Å². The summed E-state index contributed by atoms with van der Waals surface area (Å²) in [5, 5.41) is 11.5. The summed E-state index contributed by atoms with van der Waals surface area (Å²) in [5.74, 6) is -0.0273. The van der Waals surface area contributed by atoms with Crippen LogP contribution in [0.4, 0.5) is 5.69 Å². The zero-order valence-corrected chi connectivity index (χ0v) is 14.5. The summed E-state index contributed by atoms with van der Waals surface area (Å²) in [4.78, 5) is 36.9. The molecule has 24 heavy (non-hydrogen) atoms. The van der Waals surface area contributed by atoms with E-state index in [1.165, 1.54) is 0 Å². The van der Waals surface area contributed by atoms with Gasteiger partial charge in [-0.25, -0.2) is 0 Å². The number of hydrogen-bond donors (Lipinski definition) is 2. The third-order valence-corrected chi connectivity index (χ3v) is 4.95. The van der Waals surface area contributed by atoms with Gasteiger partial charge in [0.15, 0.2) is 0 Å². The van der Waals surface area contributed by atoms with E-state index in [0.29, 0.717) is 24.5 Å². The molecule has 0 aliphatic carbocycles. The summed E-state index contributed by atoms with van der Waals surface area (Å²) in [6.07, 6.45) is 1.35. The average molecular weight is 350 g/mol. The van der Waals surface area contributed by atoms with Crippen molar-refractivity contribution >= 4 is 35.2 Å². The molecule has 1 unspecified atom stereocenters. The van der Waals surface area contributed by atoms with Gasteiger partial charge in [-0.1, -0.05) is 18.2 Å². The Bertz CT molecular complexity index is 620. The molecule has 1 aliphatic rings. The van der Waals surface area contributed by atoms with E-state index >= 15 is 0 Å². The second-order valence-electron chi connectivity index (χ2n) is 5.78. The predicted octanol–water partition coefficient (Wildman–Crippen LogP) is 2.48. The lowest BCUT2D eigenvalue weighted by Crippen LogP contribution is -2.44. The third kappa shape index (κ3) is 4.99. The molecule has 2 rings (SSSR count). The molecule has 0 saturated carbocycles. The van der Waals surface area contributed by atoms with E-state index in [-0.39, 0.29) is 24.7 Å². The van der Waals surface area contributed by atoms with Crippen molar-refractivity contribution in [2.45, 2.75) is 38.6 Å². The van der Waals surface area contributed by atoms with E-state index in [0.717, 1.165) is 11.3 Å². The molecule has 1 aromatic rings. The Hall–Kier alpha value is -2.02. The second kappa shape index (κ2) is 8.73. The number of carbonyl (C=O) groups is 3. The first kappa shape index (κ1) is 18.3. The number of benzene rings is 1. The van der Waals surface area contributed by atoms with Crippen LogP contribution in [-0.4, -0.2) is 45.5 Å². The fourth-order valence-corrected chi connectivity index (χ4v) is 3.71. The van der Waals surface area contributed by atoms with Gasteiger partial charge >= 0.3 is 5.97 Å². The molecule has 0 radical (unpaired) electrons. The van der Waals surface area contributed by atoms with E-state index in [2.05, 4.69) is 5.32 Å². The van der Waals surface area contributed by atoms with E-state index in [1.807, 2.05) is 31.2 Å². The minimum Gasteiger partial charge on any atom is -0.481 e. The number of rotatable bonds is 7. The normalized spacial score (nSPS) is 16.9. The lowest BCUT2D eigenvalue weighted by Gasteiger charge is -2.23. The number of carboxylic acids is 1. The van der Waals surface area contributed by atoms with Gasteiger partial charge in [0.2, 0.25) is 11.8 Å². The number of nitrogens with one attached hydrogen (secondary N) is 1. The van der Waals surface area contributed by atoms with Gasteiger partial charge in [0, 0.05) is 24.3 Å². The summed E-state index contributed by atoms with van der Waals surface area (Å²) in [6.45, 7) is 1.92. The molecule has 130 valence electrons. The maximum atomic E-state index is 12.5. The number of aryl methyl sites for hydroxylation is 1. The fraction of sp³-hybridized carbons (Fsp3) is 0.471. The molecule has 1 atom stereocenters. The molecule has 7 heteroatoms. The number of para-hydroxylation sites is 1. The SMILES string of the molecule is Cc1ccccc1NC(=O)C1CSCN1C(=O)CCCCC(=O)O. The number of carboxylic acid groups (broad SMARTS) is 1. The monoisotopic (exact) mass is 350 g/mol. The van der Waals surface area contributed by atoms with Crippen LogP contribution in [0.5, 0.6) is 0 Å². The van der Waals surface area contributed by atoms with Crippen LogP contribution in [0.25, 0.3) is 0 Å². The number of anilines is 1. The third-order valence-electron chi connectivity index (χ3n) is 3.94. The van der Waals surface area contributed by atoms with Gasteiger partial charge in [0.25, 0.3) is 0 Å². The molecule has 1 aromatic carbocycles. The van der Waals surface area contributed by atoms with Gasteiger partial charge in [-0.05, 0) is 31.4 Å². The van der Waals surface area contributed by atoms with Gasteiger partial charge in [-0.15, -0.1) is 11.8 Å². The Balaban J connectivity index is 1.89. The lowest BCUT2D eigenvalue weighted by molar-refractivity contribution is -0.138. The number of unbranched alkanes of at least 4 members (excludes halogenated alkanes) is 1. The van der Waals surface area contributed by atoms with Gasteiger partial charge in [-0.2, -0.15) is 0 Å². The first-order valence-electron chi connectivity index (χ1n) is 7.94. The number of hydrogen-bond acceptors (Lipinski definition) is 4. The summed E-state index contributed by atoms with van der Waals surface area (Å²) >= 11 is 1.56. The van der Waals surface area contributed by atoms with Crippen molar-refractivity contribution in [3.8, 4) is 0 Å². The summed E-state index contributed by atoms with van der Waals surface area (Å²) in [6, 6.07) is 7.06. The standard InChI is InChI=1S/C17H22N2O4S/c1-12-6-2-3-7-13(12)18-17(23)14-10-24-11-19(14)15(20)8-4-5-9-16(21)22/h2-3,6-7,14H,4-5,8-11H2,1H3,(H,18,23)(H,21,22). The maximum absolute atomic E-state index is 12.5. The Morgan fingerprint density at radius 2 is 1.96 bits per heavy atom. The zero-order valence-electron chi connectivity index (χ0n) is 13.7. The van der Waals surface area contributed by atoms with Gasteiger partial charge in [0.1, 0.15) is 6.04 Å². The summed E-state index contributed by atoms with van der Waals surface area (Å²) < 4.78 is 0. The predicted molar refractivity (Wildman–Crippen MR) is 93.9 cm³/mol. The van der Waals surface area contributed by atoms with Gasteiger partial charge < -0.3 is 15.3 Å². The number of amides is 2. The minimum absolute atomic E-state index is 0.0687. The Labute approximate surface area is 145 Å². The highest BCUT2D eigenvalue weighted by Gasteiger charge is 2.34. The van der Waals surface area contributed by atoms with E-state index < -0.39 is 12.0 Å². The van der Waals surface area contributed by atoms with Crippen molar-refractivity contribution in [2.24, 2.45) is 0 Å². The van der Waals surface area contributed by atoms with E-state index in [4.69, 9.17) is 5.11 Å². The van der Waals surface area contributed by atoms with Crippen LogP contribution in [0.1, 0.15) is 31.2 Å². The molecule has 0 bridgehead atoms. The van der Waals surface area contributed by atoms with Crippen LogP contribution >= 0.6 is 11.8 Å². The van der Waals surface area contributed by atoms with Crippen LogP contribution < -0.4 is 5.32 Å². The topological polar surface area (TPSA) is 86.7 Å². The molecule has 1 aliphatic heterocycles. The molecule has 2 amide bonds. The minimum atomic E-state index is -0.852. The first-order valence-corrected chi connectivity index (χ1v) is 9.10. The van der Waals surface area contributed by atoms with Crippen LogP contribution in [0.2, 0.25) is 0 Å². The van der Waals surface area contributed by atoms with E-state index in [9.17, 15) is 14.4 Å². The maximum Gasteiger partial charge on any atom is 0.303 e. The van der Waals surface area contributed by atoms with Crippen molar-refractivity contribution in [1.82, 2.24) is 4.90 Å². The van der Waals surface area contributed by atoms with Crippen molar-refractivity contribution in [3.63, 3.8) is 0 Å². The lowest BCUT2D eigenvalue weighted by atomic mass is 10.1. The van der Waals surface area contributed by atoms with Crippen molar-refractivity contribution in [2.75, 3.05) is 16.9 Å².